The molecule has 1 atom stereocenters. The highest BCUT2D eigenvalue weighted by Gasteiger charge is 2.42. The molecule has 22 heavy (non-hydrogen) atoms. The van der Waals surface area contributed by atoms with E-state index in [0.29, 0.717) is 5.92 Å². The fourth-order valence-electron chi connectivity index (χ4n) is 3.24. The lowest BCUT2D eigenvalue weighted by Gasteiger charge is -2.38. The van der Waals surface area contributed by atoms with Crippen LogP contribution in [-0.2, 0) is 11.2 Å². The van der Waals surface area contributed by atoms with Crippen LogP contribution in [0.3, 0.4) is 0 Å². The van der Waals surface area contributed by atoms with Crippen LogP contribution in [0.1, 0.15) is 51.2 Å². The summed E-state index contributed by atoms with van der Waals surface area (Å²) in [6, 6.07) is 4.57. The third kappa shape index (κ3) is 3.17. The van der Waals surface area contributed by atoms with Gasteiger partial charge in [0.25, 0.3) is 0 Å². The molecule has 4 heteroatoms. The molecule has 3 rings (SSSR count). The molecule has 1 aromatic carbocycles. The number of carbonyl (C=O) groups is 1. The molecule has 0 radical (unpaired) electrons. The number of carbonyl (C=O) groups excluding carboxylic acids is 1. The molecule has 1 amide bonds. The van der Waals surface area contributed by atoms with E-state index in [1.54, 1.807) is 0 Å². The second kappa shape index (κ2) is 5.55. The van der Waals surface area contributed by atoms with Gasteiger partial charge in [0.05, 0.1) is 5.69 Å². The van der Waals surface area contributed by atoms with Gasteiger partial charge in [-0.25, -0.2) is 4.79 Å². The number of halogens is 1. The van der Waals surface area contributed by atoms with Gasteiger partial charge in [0, 0.05) is 10.5 Å². The van der Waals surface area contributed by atoms with E-state index < -0.39 is 5.60 Å². The van der Waals surface area contributed by atoms with E-state index >= 15 is 0 Å². The molecule has 0 bridgehead atoms. The van der Waals surface area contributed by atoms with Crippen LogP contribution in [0.2, 0.25) is 0 Å². The number of benzene rings is 1. The molecule has 1 fully saturated rings. The third-order valence-corrected chi connectivity index (χ3v) is 5.27. The van der Waals surface area contributed by atoms with Crippen LogP contribution in [0.15, 0.2) is 16.6 Å². The highest BCUT2D eigenvalue weighted by molar-refractivity contribution is 9.10. The molecule has 0 N–H and O–H groups in total. The van der Waals surface area contributed by atoms with Crippen molar-refractivity contribution in [2.75, 3.05) is 4.90 Å². The standard InChI is InChI=1S/C18H24BrNO2/c1-11-9-13-7-8-15(12-5-6-12)20(16(13)10-14(11)19)17(21)22-18(2,3)4/h9-10,12,15H,5-8H2,1-4H3. The van der Waals surface area contributed by atoms with Crippen LogP contribution >= 0.6 is 15.9 Å². The summed E-state index contributed by atoms with van der Waals surface area (Å²) in [5, 5.41) is 0. The van der Waals surface area contributed by atoms with Crippen LogP contribution in [0.25, 0.3) is 0 Å². The van der Waals surface area contributed by atoms with E-state index in [1.165, 1.54) is 24.0 Å². The highest BCUT2D eigenvalue weighted by Crippen LogP contribution is 2.44. The molecule has 2 aliphatic rings. The van der Waals surface area contributed by atoms with Crippen molar-refractivity contribution in [1.82, 2.24) is 0 Å². The molecule has 1 saturated carbocycles. The number of aryl methyl sites for hydroxylation is 2. The van der Waals surface area contributed by atoms with Crippen molar-refractivity contribution in [1.29, 1.82) is 0 Å². The van der Waals surface area contributed by atoms with Gasteiger partial charge in [-0.2, -0.15) is 0 Å². The molecule has 120 valence electrons. The molecule has 1 unspecified atom stereocenters. The predicted molar refractivity (Wildman–Crippen MR) is 92.4 cm³/mol. The van der Waals surface area contributed by atoms with Gasteiger partial charge in [0.1, 0.15) is 5.60 Å². The van der Waals surface area contributed by atoms with Gasteiger partial charge in [-0.3, -0.25) is 4.90 Å². The van der Waals surface area contributed by atoms with Crippen LogP contribution in [0, 0.1) is 12.8 Å². The summed E-state index contributed by atoms with van der Waals surface area (Å²) in [7, 11) is 0. The van der Waals surface area contributed by atoms with E-state index in [4.69, 9.17) is 4.74 Å². The zero-order chi connectivity index (χ0) is 16.1. The molecular formula is C18H24BrNO2. The highest BCUT2D eigenvalue weighted by atomic mass is 79.9. The van der Waals surface area contributed by atoms with Crippen molar-refractivity contribution < 1.29 is 9.53 Å². The number of nitrogens with zero attached hydrogens (tertiary/aromatic N) is 1. The molecule has 0 saturated heterocycles. The van der Waals surface area contributed by atoms with Crippen molar-refractivity contribution in [2.45, 2.75) is 65.0 Å². The minimum atomic E-state index is -0.468. The van der Waals surface area contributed by atoms with E-state index in [9.17, 15) is 4.79 Å². The summed E-state index contributed by atoms with van der Waals surface area (Å²) < 4.78 is 6.74. The maximum absolute atomic E-state index is 12.8. The fraction of sp³-hybridized carbons (Fsp3) is 0.611. The Morgan fingerprint density at radius 2 is 1.95 bits per heavy atom. The number of rotatable bonds is 1. The minimum Gasteiger partial charge on any atom is -0.443 e. The normalized spacial score (nSPS) is 21.5. The van der Waals surface area contributed by atoms with Crippen molar-refractivity contribution in [2.24, 2.45) is 5.92 Å². The molecule has 0 aromatic heterocycles. The Hall–Kier alpha value is -1.03. The van der Waals surface area contributed by atoms with Gasteiger partial charge in [-0.05, 0) is 76.5 Å². The maximum atomic E-state index is 12.8. The average molecular weight is 366 g/mol. The lowest BCUT2D eigenvalue weighted by Crippen LogP contribution is -2.47. The van der Waals surface area contributed by atoms with E-state index in [2.05, 4.69) is 35.0 Å². The first-order valence-electron chi connectivity index (χ1n) is 8.07. The van der Waals surface area contributed by atoms with Crippen molar-refractivity contribution in [3.05, 3.63) is 27.7 Å². The summed E-state index contributed by atoms with van der Waals surface area (Å²) in [6.07, 6.45) is 4.33. The van der Waals surface area contributed by atoms with Gasteiger partial charge >= 0.3 is 6.09 Å². The molecule has 1 heterocycles. The Labute approximate surface area is 141 Å². The second-order valence-corrected chi connectivity index (χ2v) is 8.38. The Balaban J connectivity index is 1.99. The zero-order valence-corrected chi connectivity index (χ0v) is 15.4. The van der Waals surface area contributed by atoms with Gasteiger partial charge in [0.15, 0.2) is 0 Å². The Morgan fingerprint density at radius 3 is 2.55 bits per heavy atom. The third-order valence-electron chi connectivity index (χ3n) is 4.42. The first-order valence-corrected chi connectivity index (χ1v) is 8.87. The average Bonchev–Trinajstić information content (AvgIpc) is 3.21. The van der Waals surface area contributed by atoms with E-state index in [-0.39, 0.29) is 12.1 Å². The topological polar surface area (TPSA) is 29.5 Å². The Kier molecular flexibility index (Phi) is 4.00. The van der Waals surface area contributed by atoms with Crippen LogP contribution in [0.5, 0.6) is 0 Å². The number of fused-ring (bicyclic) bond motifs is 1. The summed E-state index contributed by atoms with van der Waals surface area (Å²) in [4.78, 5) is 14.7. The largest absolute Gasteiger partial charge is 0.443 e. The number of hydrogen-bond donors (Lipinski definition) is 0. The number of hydrogen-bond acceptors (Lipinski definition) is 2. The van der Waals surface area contributed by atoms with Crippen LogP contribution < -0.4 is 4.90 Å². The minimum absolute atomic E-state index is 0.207. The summed E-state index contributed by atoms with van der Waals surface area (Å²) in [5.74, 6) is 0.640. The monoisotopic (exact) mass is 365 g/mol. The summed E-state index contributed by atoms with van der Waals surface area (Å²) in [5.41, 5.74) is 3.02. The summed E-state index contributed by atoms with van der Waals surface area (Å²) in [6.45, 7) is 7.86. The SMILES string of the molecule is Cc1cc2c(cc1Br)N(C(=O)OC(C)(C)C)C(C1CC1)CC2. The number of ether oxygens (including phenoxy) is 1. The van der Waals surface area contributed by atoms with Crippen molar-refractivity contribution in [3.63, 3.8) is 0 Å². The molecule has 1 aromatic rings. The van der Waals surface area contributed by atoms with Crippen LogP contribution in [-0.4, -0.2) is 17.7 Å². The molecule has 0 spiro atoms. The maximum Gasteiger partial charge on any atom is 0.415 e. The first kappa shape index (κ1) is 15.9. The Bertz CT molecular complexity index is 602. The van der Waals surface area contributed by atoms with Gasteiger partial charge in [-0.1, -0.05) is 22.0 Å². The number of anilines is 1. The smallest absolute Gasteiger partial charge is 0.415 e. The van der Waals surface area contributed by atoms with E-state index in [1.807, 2.05) is 25.7 Å². The summed E-state index contributed by atoms with van der Waals surface area (Å²) >= 11 is 3.61. The number of amides is 1. The van der Waals surface area contributed by atoms with Gasteiger partial charge in [0.2, 0.25) is 0 Å². The lowest BCUT2D eigenvalue weighted by molar-refractivity contribution is 0.0556. The predicted octanol–water partition coefficient (Wildman–Crippen LogP) is 5.22. The van der Waals surface area contributed by atoms with E-state index in [0.717, 1.165) is 23.0 Å². The molecule has 3 nitrogen and oxygen atoms in total. The quantitative estimate of drug-likeness (QED) is 0.682. The van der Waals surface area contributed by atoms with Crippen molar-refractivity contribution >= 4 is 27.7 Å². The molecular weight excluding hydrogens is 342 g/mol. The second-order valence-electron chi connectivity index (χ2n) is 7.52. The lowest BCUT2D eigenvalue weighted by atomic mass is 9.92. The van der Waals surface area contributed by atoms with Crippen LogP contribution in [0.4, 0.5) is 10.5 Å². The molecule has 1 aliphatic heterocycles. The van der Waals surface area contributed by atoms with Gasteiger partial charge < -0.3 is 4.74 Å². The van der Waals surface area contributed by atoms with Gasteiger partial charge in [-0.15, -0.1) is 0 Å². The fourth-order valence-corrected chi connectivity index (χ4v) is 3.57. The zero-order valence-electron chi connectivity index (χ0n) is 13.8. The van der Waals surface area contributed by atoms with Crippen molar-refractivity contribution in [3.8, 4) is 0 Å². The Morgan fingerprint density at radius 1 is 1.27 bits per heavy atom. The first-order chi connectivity index (χ1) is 10.3. The molecule has 1 aliphatic carbocycles.